The molecule has 1 unspecified atom stereocenters. The van der Waals surface area contributed by atoms with Crippen molar-refractivity contribution in [3.05, 3.63) is 64.2 Å². The van der Waals surface area contributed by atoms with Crippen molar-refractivity contribution in [1.82, 2.24) is 15.1 Å². The molecule has 1 heterocycles. The molecule has 2 atom stereocenters. The predicted octanol–water partition coefficient (Wildman–Crippen LogP) is 4.04. The Bertz CT molecular complexity index is 1280. The third-order valence-electron chi connectivity index (χ3n) is 7.55. The quantitative estimate of drug-likeness (QED) is 0.568. The summed E-state index contributed by atoms with van der Waals surface area (Å²) in [6.07, 6.45) is 2.03. The van der Waals surface area contributed by atoms with Gasteiger partial charge >= 0.3 is 12.1 Å². The van der Waals surface area contributed by atoms with Gasteiger partial charge in [0, 0.05) is 42.3 Å². The van der Waals surface area contributed by atoms with Crippen molar-refractivity contribution in [2.24, 2.45) is 5.92 Å². The molecule has 1 saturated heterocycles. The Morgan fingerprint density at radius 1 is 1.22 bits per heavy atom. The number of rotatable bonds is 7. The van der Waals surface area contributed by atoms with Crippen LogP contribution in [0.4, 0.5) is 15.3 Å². The maximum atomic E-state index is 13.6. The van der Waals surface area contributed by atoms with Crippen molar-refractivity contribution < 1.29 is 23.9 Å². The van der Waals surface area contributed by atoms with E-state index in [1.54, 1.807) is 29.2 Å². The van der Waals surface area contributed by atoms with Gasteiger partial charge in [-0.1, -0.05) is 35.9 Å². The summed E-state index contributed by atoms with van der Waals surface area (Å²) in [7, 11) is 1.52. The number of hydrogen-bond donors (Lipinski definition) is 2. The highest BCUT2D eigenvalue weighted by Crippen LogP contribution is 2.46. The van der Waals surface area contributed by atoms with Crippen LogP contribution in [0.5, 0.6) is 0 Å². The topological polar surface area (TPSA) is 108 Å². The Morgan fingerprint density at radius 2 is 1.97 bits per heavy atom. The van der Waals surface area contributed by atoms with Gasteiger partial charge in [-0.2, -0.15) is 0 Å². The van der Waals surface area contributed by atoms with Gasteiger partial charge in [0.25, 0.3) is 5.91 Å². The van der Waals surface area contributed by atoms with Gasteiger partial charge in [0.15, 0.2) is 0 Å². The highest BCUT2D eigenvalue weighted by molar-refractivity contribution is 6.31. The van der Waals surface area contributed by atoms with E-state index in [-0.39, 0.29) is 24.4 Å². The van der Waals surface area contributed by atoms with Gasteiger partial charge in [-0.3, -0.25) is 9.59 Å². The van der Waals surface area contributed by atoms with Gasteiger partial charge in [0.2, 0.25) is 11.5 Å². The standard InChI is InChI=1S/C27H29ClN4O5/c1-16(17-7-8-17)31(14-19-5-3-4-6-22(19)28)23(33)15-32-24(34)27(37-26(32)36)12-11-18-13-20(9-10-21(18)27)30-25(35)29-2/h3-6,9-10,13,16-17H,7-8,11-12,14-15H2,1-2H3,(H2,29,30,35)/t16?,27-/m1/s1. The van der Waals surface area contributed by atoms with Crippen molar-refractivity contribution >= 4 is 41.2 Å². The Hall–Kier alpha value is -3.59. The minimum Gasteiger partial charge on any atom is -0.427 e. The van der Waals surface area contributed by atoms with Crippen LogP contribution in [0.2, 0.25) is 5.02 Å². The van der Waals surface area contributed by atoms with Crippen LogP contribution in [0.15, 0.2) is 42.5 Å². The van der Waals surface area contributed by atoms with Crippen molar-refractivity contribution in [3.8, 4) is 0 Å². The number of imide groups is 1. The second-order valence-electron chi connectivity index (χ2n) is 9.85. The van der Waals surface area contributed by atoms with E-state index in [1.165, 1.54) is 7.05 Å². The molecule has 10 heteroatoms. The number of carbonyl (C=O) groups excluding carboxylic acids is 4. The van der Waals surface area contributed by atoms with E-state index in [4.69, 9.17) is 16.3 Å². The van der Waals surface area contributed by atoms with E-state index in [2.05, 4.69) is 10.6 Å². The number of nitrogens with zero attached hydrogens (tertiary/aromatic N) is 2. The lowest BCUT2D eigenvalue weighted by molar-refractivity contribution is -0.143. The number of hydrogen-bond acceptors (Lipinski definition) is 5. The van der Waals surface area contributed by atoms with Crippen LogP contribution < -0.4 is 10.6 Å². The Kier molecular flexibility index (Phi) is 6.58. The lowest BCUT2D eigenvalue weighted by atomic mass is 9.94. The third kappa shape index (κ3) is 4.64. The van der Waals surface area contributed by atoms with E-state index in [0.717, 1.165) is 28.9 Å². The van der Waals surface area contributed by atoms with Crippen molar-refractivity contribution in [1.29, 1.82) is 0 Å². The van der Waals surface area contributed by atoms with Crippen LogP contribution in [0.3, 0.4) is 0 Å². The highest BCUT2D eigenvalue weighted by atomic mass is 35.5. The second-order valence-corrected chi connectivity index (χ2v) is 10.3. The molecule has 5 amide bonds. The molecular formula is C27H29ClN4O5. The first-order valence-electron chi connectivity index (χ1n) is 12.4. The minimum atomic E-state index is -1.45. The van der Waals surface area contributed by atoms with Crippen molar-refractivity contribution in [2.45, 2.75) is 50.8 Å². The van der Waals surface area contributed by atoms with Crippen LogP contribution in [0.25, 0.3) is 0 Å². The summed E-state index contributed by atoms with van der Waals surface area (Å²) in [5.74, 6) is -0.475. The number of amides is 5. The lowest BCUT2D eigenvalue weighted by Gasteiger charge is -2.31. The number of halogens is 1. The molecule has 0 bridgehead atoms. The second kappa shape index (κ2) is 9.70. The first-order chi connectivity index (χ1) is 17.7. The fourth-order valence-electron chi connectivity index (χ4n) is 5.25. The van der Waals surface area contributed by atoms with Crippen LogP contribution in [-0.4, -0.2) is 53.4 Å². The van der Waals surface area contributed by atoms with Gasteiger partial charge in [-0.05, 0) is 61.4 Å². The SMILES string of the molecule is CNC(=O)Nc1ccc2c(c1)CC[C@@]21OC(=O)N(CC(=O)N(Cc2ccccc2Cl)C(C)C2CC2)C1=O. The fraction of sp³-hybridized carbons (Fsp3) is 0.407. The lowest BCUT2D eigenvalue weighted by Crippen LogP contribution is -2.47. The molecule has 37 heavy (non-hydrogen) atoms. The molecule has 1 saturated carbocycles. The Balaban J connectivity index is 1.36. The molecule has 1 aliphatic heterocycles. The largest absolute Gasteiger partial charge is 0.427 e. The average Bonchev–Trinajstić information content (AvgIpc) is 3.64. The van der Waals surface area contributed by atoms with Crippen LogP contribution in [0, 0.1) is 5.92 Å². The zero-order valence-electron chi connectivity index (χ0n) is 20.8. The number of nitrogens with one attached hydrogen (secondary N) is 2. The first-order valence-corrected chi connectivity index (χ1v) is 12.8. The highest BCUT2D eigenvalue weighted by Gasteiger charge is 2.58. The summed E-state index contributed by atoms with van der Waals surface area (Å²) >= 11 is 6.36. The zero-order valence-corrected chi connectivity index (χ0v) is 21.5. The summed E-state index contributed by atoms with van der Waals surface area (Å²) in [4.78, 5) is 54.4. The van der Waals surface area contributed by atoms with Gasteiger partial charge < -0.3 is 20.3 Å². The smallest absolute Gasteiger partial charge is 0.418 e. The number of aryl methyl sites for hydroxylation is 1. The maximum absolute atomic E-state index is 13.6. The van der Waals surface area contributed by atoms with Crippen LogP contribution in [-0.2, 0) is 32.9 Å². The molecule has 2 fully saturated rings. The molecule has 2 N–H and O–H groups in total. The molecule has 5 rings (SSSR count). The maximum Gasteiger partial charge on any atom is 0.418 e. The van der Waals surface area contributed by atoms with Gasteiger partial charge in [0.05, 0.1) is 0 Å². The predicted molar refractivity (Wildman–Crippen MR) is 137 cm³/mol. The number of anilines is 1. The van der Waals surface area contributed by atoms with E-state index >= 15 is 0 Å². The van der Waals surface area contributed by atoms with Crippen LogP contribution >= 0.6 is 11.6 Å². The number of benzene rings is 2. The molecular weight excluding hydrogens is 496 g/mol. The molecule has 194 valence electrons. The monoisotopic (exact) mass is 524 g/mol. The minimum absolute atomic E-state index is 0.0510. The normalized spacial score (nSPS) is 21.0. The van der Waals surface area contributed by atoms with Gasteiger partial charge in [0.1, 0.15) is 6.54 Å². The van der Waals surface area contributed by atoms with Crippen molar-refractivity contribution in [2.75, 3.05) is 18.9 Å². The summed E-state index contributed by atoms with van der Waals surface area (Å²) in [6, 6.07) is 12.1. The molecule has 2 aromatic carbocycles. The number of fused-ring (bicyclic) bond motifs is 2. The van der Waals surface area contributed by atoms with Gasteiger partial charge in [-0.25, -0.2) is 14.5 Å². The molecule has 0 radical (unpaired) electrons. The fourth-order valence-corrected chi connectivity index (χ4v) is 5.45. The van der Waals surface area contributed by atoms with E-state index in [9.17, 15) is 19.2 Å². The Morgan fingerprint density at radius 3 is 2.68 bits per heavy atom. The summed E-state index contributed by atoms with van der Waals surface area (Å²) in [6.45, 7) is 1.89. The van der Waals surface area contributed by atoms with Gasteiger partial charge in [-0.15, -0.1) is 0 Å². The Labute approximate surface area is 220 Å². The molecule has 2 aliphatic carbocycles. The number of urea groups is 1. The molecule has 3 aliphatic rings. The number of carbonyl (C=O) groups is 4. The average molecular weight is 525 g/mol. The zero-order chi connectivity index (χ0) is 26.3. The van der Waals surface area contributed by atoms with E-state index in [0.29, 0.717) is 35.2 Å². The molecule has 2 aromatic rings. The molecule has 1 spiro atoms. The molecule has 9 nitrogen and oxygen atoms in total. The third-order valence-corrected chi connectivity index (χ3v) is 7.92. The summed E-state index contributed by atoms with van der Waals surface area (Å²) in [5.41, 5.74) is 1.33. The number of ether oxygens (including phenoxy) is 1. The summed E-state index contributed by atoms with van der Waals surface area (Å²) in [5, 5.41) is 5.75. The van der Waals surface area contributed by atoms with Crippen molar-refractivity contribution in [3.63, 3.8) is 0 Å². The van der Waals surface area contributed by atoms with Crippen LogP contribution in [0.1, 0.15) is 42.9 Å². The van der Waals surface area contributed by atoms with E-state index in [1.807, 2.05) is 25.1 Å². The molecule has 0 aromatic heterocycles. The summed E-state index contributed by atoms with van der Waals surface area (Å²) < 4.78 is 5.69. The van der Waals surface area contributed by atoms with E-state index < -0.39 is 24.1 Å². The first kappa shape index (κ1) is 25.1.